The number of hydrogen-bond acceptors (Lipinski definition) is 7. The maximum Gasteiger partial charge on any atom is 0.253 e. The van der Waals surface area contributed by atoms with Crippen LogP contribution >= 0.6 is 11.8 Å². The number of hydrogen-bond donors (Lipinski definition) is 1. The van der Waals surface area contributed by atoms with Crippen molar-refractivity contribution >= 4 is 39.5 Å². The number of nitrogens with zero attached hydrogens (tertiary/aromatic N) is 3. The minimum atomic E-state index is -0.732. The molecule has 2 atom stereocenters. The van der Waals surface area contributed by atoms with Crippen molar-refractivity contribution in [2.45, 2.75) is 51.4 Å². The van der Waals surface area contributed by atoms with Gasteiger partial charge in [-0.3, -0.25) is 29.2 Å². The van der Waals surface area contributed by atoms with Crippen molar-refractivity contribution in [1.82, 2.24) is 20.1 Å². The highest BCUT2D eigenvalue weighted by molar-refractivity contribution is 8.15. The number of benzene rings is 1. The number of carbonyl (C=O) groups is 3. The molecule has 0 saturated carbocycles. The van der Waals surface area contributed by atoms with E-state index in [1.54, 1.807) is 0 Å². The maximum atomic E-state index is 13.8. The molecule has 4 heterocycles. The molecule has 8 heteroatoms. The molecule has 2 fully saturated rings. The molecule has 0 bridgehead atoms. The number of nitrogens with one attached hydrogen (secondary N) is 1. The average Bonchev–Trinajstić information content (AvgIpc) is 3.15. The van der Waals surface area contributed by atoms with E-state index >= 15 is 0 Å². The number of likely N-dealkylation sites (tertiary alicyclic amines) is 1. The van der Waals surface area contributed by atoms with E-state index in [1.807, 2.05) is 29.2 Å². The normalized spacial score (nSPS) is 24.7. The SMILES string of the molecule is CCN1CCc2nc3ccccc3c(C(=O)NC3CCCCN3C3C(=O)CSC3=O)c2C1. The Balaban J connectivity index is 1.50. The predicted molar refractivity (Wildman–Crippen MR) is 124 cm³/mol. The van der Waals surface area contributed by atoms with Gasteiger partial charge < -0.3 is 5.32 Å². The third kappa shape index (κ3) is 3.84. The van der Waals surface area contributed by atoms with E-state index in [-0.39, 0.29) is 28.7 Å². The summed E-state index contributed by atoms with van der Waals surface area (Å²) in [6.07, 6.45) is 3.13. The van der Waals surface area contributed by atoms with Crippen molar-refractivity contribution in [2.75, 3.05) is 25.4 Å². The zero-order valence-electron chi connectivity index (χ0n) is 18.3. The van der Waals surface area contributed by atoms with Gasteiger partial charge in [0.05, 0.1) is 23.0 Å². The van der Waals surface area contributed by atoms with Crippen molar-refractivity contribution in [1.29, 1.82) is 0 Å². The molecule has 3 aliphatic heterocycles. The smallest absolute Gasteiger partial charge is 0.253 e. The van der Waals surface area contributed by atoms with E-state index in [2.05, 4.69) is 17.1 Å². The Morgan fingerprint density at radius 2 is 2.06 bits per heavy atom. The molecular formula is C24H28N4O3S. The number of para-hydroxylation sites is 1. The van der Waals surface area contributed by atoms with Crippen LogP contribution in [0.3, 0.4) is 0 Å². The summed E-state index contributed by atoms with van der Waals surface area (Å²) in [5.41, 5.74) is 3.52. The van der Waals surface area contributed by atoms with Crippen LogP contribution in [-0.2, 0) is 22.6 Å². The molecule has 1 aromatic heterocycles. The van der Waals surface area contributed by atoms with Crippen molar-refractivity contribution in [3.05, 3.63) is 41.1 Å². The van der Waals surface area contributed by atoms with Crippen molar-refractivity contribution < 1.29 is 14.4 Å². The van der Waals surface area contributed by atoms with Crippen molar-refractivity contribution in [2.24, 2.45) is 0 Å². The first kappa shape index (κ1) is 21.6. The summed E-state index contributed by atoms with van der Waals surface area (Å²) in [5, 5.41) is 3.96. The lowest BCUT2D eigenvalue weighted by Gasteiger charge is -2.38. The Bertz CT molecular complexity index is 1070. The van der Waals surface area contributed by atoms with Crippen LogP contribution < -0.4 is 5.32 Å². The number of amides is 1. The molecular weight excluding hydrogens is 424 g/mol. The lowest BCUT2D eigenvalue weighted by Crippen LogP contribution is -2.57. The van der Waals surface area contributed by atoms with Gasteiger partial charge in [0.2, 0.25) is 5.12 Å². The lowest BCUT2D eigenvalue weighted by molar-refractivity contribution is -0.129. The first-order valence-electron chi connectivity index (χ1n) is 11.5. The van der Waals surface area contributed by atoms with Crippen LogP contribution in [0.2, 0.25) is 0 Å². The molecule has 1 N–H and O–H groups in total. The monoisotopic (exact) mass is 452 g/mol. The third-order valence-corrected chi connectivity index (χ3v) is 7.79. The Labute approximate surface area is 191 Å². The van der Waals surface area contributed by atoms with Gasteiger partial charge in [0.15, 0.2) is 5.78 Å². The van der Waals surface area contributed by atoms with Gasteiger partial charge >= 0.3 is 0 Å². The number of fused-ring (bicyclic) bond motifs is 2. The zero-order chi connectivity index (χ0) is 22.2. The summed E-state index contributed by atoms with van der Waals surface area (Å²) in [4.78, 5) is 47.7. The van der Waals surface area contributed by atoms with E-state index in [1.165, 1.54) is 0 Å². The second-order valence-electron chi connectivity index (χ2n) is 8.75. The summed E-state index contributed by atoms with van der Waals surface area (Å²) in [6.45, 7) is 5.35. The molecule has 1 aromatic carbocycles. The minimum absolute atomic E-state index is 0.0496. The molecule has 0 spiro atoms. The van der Waals surface area contributed by atoms with E-state index < -0.39 is 6.04 Å². The quantitative estimate of drug-likeness (QED) is 0.713. The summed E-state index contributed by atoms with van der Waals surface area (Å²) in [7, 11) is 0. The summed E-state index contributed by atoms with van der Waals surface area (Å²) in [6, 6.07) is 7.07. The first-order valence-corrected chi connectivity index (χ1v) is 12.4. The fourth-order valence-corrected chi connectivity index (χ4v) is 6.04. The van der Waals surface area contributed by atoms with Crippen LogP contribution in [0.5, 0.6) is 0 Å². The van der Waals surface area contributed by atoms with Gasteiger partial charge in [-0.1, -0.05) is 36.9 Å². The van der Waals surface area contributed by atoms with E-state index in [4.69, 9.17) is 4.98 Å². The summed E-state index contributed by atoms with van der Waals surface area (Å²) in [5.74, 6) is 0.0439. The topological polar surface area (TPSA) is 82.6 Å². The van der Waals surface area contributed by atoms with Crippen LogP contribution in [0.15, 0.2) is 24.3 Å². The second kappa shape index (κ2) is 8.92. The van der Waals surface area contributed by atoms with Gasteiger partial charge in [-0.05, 0) is 31.9 Å². The molecule has 3 aliphatic rings. The van der Waals surface area contributed by atoms with E-state index in [0.717, 1.165) is 72.7 Å². The number of carbonyl (C=O) groups excluding carboxylic acids is 3. The van der Waals surface area contributed by atoms with Gasteiger partial charge in [-0.15, -0.1) is 0 Å². The largest absolute Gasteiger partial charge is 0.336 e. The number of ketones is 1. The number of thioether (sulfide) groups is 1. The van der Waals surface area contributed by atoms with Crippen LogP contribution in [0.1, 0.15) is 47.8 Å². The summed E-state index contributed by atoms with van der Waals surface area (Å²) < 4.78 is 0. The van der Waals surface area contributed by atoms with E-state index in [0.29, 0.717) is 18.7 Å². The fraction of sp³-hybridized carbons (Fsp3) is 0.500. The van der Waals surface area contributed by atoms with Gasteiger partial charge in [0.25, 0.3) is 5.91 Å². The van der Waals surface area contributed by atoms with Crippen LogP contribution in [0, 0.1) is 0 Å². The molecule has 2 aromatic rings. The minimum Gasteiger partial charge on any atom is -0.336 e. The Kier molecular flexibility index (Phi) is 6.01. The maximum absolute atomic E-state index is 13.8. The number of Topliss-reactive ketones (excluding diaryl/α,β-unsaturated/α-hetero) is 1. The number of piperidine rings is 1. The van der Waals surface area contributed by atoms with Crippen LogP contribution in [0.25, 0.3) is 10.9 Å². The van der Waals surface area contributed by atoms with Gasteiger partial charge in [0.1, 0.15) is 6.04 Å². The van der Waals surface area contributed by atoms with Crippen LogP contribution in [-0.4, -0.2) is 69.2 Å². The van der Waals surface area contributed by atoms with E-state index in [9.17, 15) is 14.4 Å². The summed E-state index contributed by atoms with van der Waals surface area (Å²) >= 11 is 1.09. The highest BCUT2D eigenvalue weighted by atomic mass is 32.2. The standard InChI is InChI=1S/C24H28N4O3S/c1-2-27-12-10-18-16(13-27)21(15-7-3-4-8-17(15)25-18)23(30)26-20-9-5-6-11-28(20)22-19(29)14-32-24(22)31/h3-4,7-8,20,22H,2,5-6,9-14H2,1H3,(H,26,30). The molecule has 5 rings (SSSR count). The number of pyridine rings is 1. The number of likely N-dealkylation sites (N-methyl/N-ethyl adjacent to an activating group) is 1. The molecule has 7 nitrogen and oxygen atoms in total. The molecule has 32 heavy (non-hydrogen) atoms. The molecule has 0 radical (unpaired) electrons. The zero-order valence-corrected chi connectivity index (χ0v) is 19.1. The predicted octanol–water partition coefficient (Wildman–Crippen LogP) is 2.37. The Morgan fingerprint density at radius 1 is 1.22 bits per heavy atom. The first-order chi connectivity index (χ1) is 15.6. The number of aromatic nitrogens is 1. The van der Waals surface area contributed by atoms with Crippen molar-refractivity contribution in [3.8, 4) is 0 Å². The van der Waals surface area contributed by atoms with Gasteiger partial charge in [-0.25, -0.2) is 0 Å². The van der Waals surface area contributed by atoms with Gasteiger partial charge in [-0.2, -0.15) is 0 Å². The van der Waals surface area contributed by atoms with Gasteiger partial charge in [0, 0.05) is 42.7 Å². The molecule has 1 amide bonds. The number of rotatable bonds is 4. The Morgan fingerprint density at radius 3 is 2.84 bits per heavy atom. The molecule has 2 unspecified atom stereocenters. The Hall–Kier alpha value is -2.29. The van der Waals surface area contributed by atoms with Crippen LogP contribution in [0.4, 0.5) is 0 Å². The average molecular weight is 453 g/mol. The highest BCUT2D eigenvalue weighted by Crippen LogP contribution is 2.30. The second-order valence-corrected chi connectivity index (χ2v) is 9.73. The van der Waals surface area contributed by atoms with Crippen molar-refractivity contribution in [3.63, 3.8) is 0 Å². The lowest BCUT2D eigenvalue weighted by atomic mass is 9.94. The fourth-order valence-electron chi connectivity index (χ4n) is 5.17. The molecule has 0 aliphatic carbocycles. The third-order valence-electron chi connectivity index (χ3n) is 6.86. The molecule has 168 valence electrons. The molecule has 2 saturated heterocycles. The highest BCUT2D eigenvalue weighted by Gasteiger charge is 2.42.